The number of hydrogen-bond donors (Lipinski definition) is 0. The van der Waals surface area contributed by atoms with Crippen molar-refractivity contribution in [3.63, 3.8) is 0 Å². The zero-order chi connectivity index (χ0) is 24.8. The molecule has 0 amide bonds. The van der Waals surface area contributed by atoms with Gasteiger partial charge in [-0.3, -0.25) is 4.79 Å². The minimum Gasteiger partial charge on any atom is -0.493 e. The Morgan fingerprint density at radius 1 is 1.09 bits per heavy atom. The Hall–Kier alpha value is -1.68. The molecule has 10 heteroatoms. The van der Waals surface area contributed by atoms with Crippen molar-refractivity contribution >= 4 is 15.8 Å². The van der Waals surface area contributed by atoms with Crippen molar-refractivity contribution in [2.24, 2.45) is 23.2 Å². The molecule has 1 aromatic rings. The van der Waals surface area contributed by atoms with E-state index in [0.717, 1.165) is 29.6 Å². The molecule has 35 heavy (non-hydrogen) atoms. The van der Waals surface area contributed by atoms with Gasteiger partial charge in [0, 0.05) is 36.4 Å². The van der Waals surface area contributed by atoms with Gasteiger partial charge in [-0.1, -0.05) is 0 Å². The zero-order valence-electron chi connectivity index (χ0n) is 19.3. The minimum atomic E-state index is -4.01. The van der Waals surface area contributed by atoms with E-state index < -0.39 is 51.3 Å². The number of sulfonamides is 1. The summed E-state index contributed by atoms with van der Waals surface area (Å²) in [5.41, 5.74) is 0.0216. The van der Waals surface area contributed by atoms with Crippen molar-refractivity contribution in [3.05, 3.63) is 29.1 Å². The van der Waals surface area contributed by atoms with Crippen LogP contribution in [0.15, 0.2) is 12.1 Å². The monoisotopic (exact) mass is 515 g/mol. The van der Waals surface area contributed by atoms with Crippen LogP contribution in [0.25, 0.3) is 0 Å². The molecule has 1 aliphatic heterocycles. The molecule has 5 nitrogen and oxygen atoms in total. The van der Waals surface area contributed by atoms with E-state index in [4.69, 9.17) is 4.74 Å². The number of Topliss-reactive ketones (excluding diaryl/α,β-unsaturated/α-hetero) is 1. The van der Waals surface area contributed by atoms with E-state index in [-0.39, 0.29) is 42.5 Å². The lowest BCUT2D eigenvalue weighted by molar-refractivity contribution is -0.230. The van der Waals surface area contributed by atoms with E-state index in [1.807, 2.05) is 0 Å². The highest BCUT2D eigenvalue weighted by atomic mass is 32.2. The Bertz CT molecular complexity index is 1140. The van der Waals surface area contributed by atoms with E-state index in [2.05, 4.69) is 0 Å². The van der Waals surface area contributed by atoms with Crippen molar-refractivity contribution in [3.8, 4) is 5.75 Å². The maximum atomic E-state index is 15.0. The number of carbonyl (C=O) groups excluding carboxylic acids is 1. The molecule has 6 aliphatic rings. The number of rotatable bonds is 8. The first kappa shape index (κ1) is 23.7. The molecule has 6 fully saturated rings. The van der Waals surface area contributed by atoms with Crippen LogP contribution in [0.5, 0.6) is 5.75 Å². The fraction of sp³-hybridized carbons (Fsp3) is 0.720. The standard InChI is InChI=1S/C25H29F4NO4S/c26-18-10-30(11-18)35(32,33)12-22(31)20-5-19(15-1-2-15)23(6-21(20)27)34-13-24-7-14-3-16(8-24)25(28,29)17(4-14)9-24/h5-6,14-18H,1-4,7-13H2. The van der Waals surface area contributed by atoms with Gasteiger partial charge in [0.2, 0.25) is 10.0 Å². The SMILES string of the molecule is O=C(CS(=O)(=O)N1CC(F)C1)c1cc(C2CC2)c(OCC23CC4CC(C2)C(F)(F)C(C4)C3)cc1F. The number of benzene rings is 1. The van der Waals surface area contributed by atoms with Gasteiger partial charge < -0.3 is 4.74 Å². The van der Waals surface area contributed by atoms with E-state index in [9.17, 15) is 26.4 Å². The Morgan fingerprint density at radius 3 is 2.34 bits per heavy atom. The number of ketones is 1. The molecule has 2 unspecified atom stereocenters. The number of alkyl halides is 3. The normalized spacial score (nSPS) is 34.1. The summed E-state index contributed by atoms with van der Waals surface area (Å²) < 4.78 is 89.0. The van der Waals surface area contributed by atoms with Crippen LogP contribution < -0.4 is 4.74 Å². The summed E-state index contributed by atoms with van der Waals surface area (Å²) >= 11 is 0. The van der Waals surface area contributed by atoms with Gasteiger partial charge in [0.05, 0.1) is 12.2 Å². The predicted octanol–water partition coefficient (Wildman–Crippen LogP) is 4.71. The predicted molar refractivity (Wildman–Crippen MR) is 119 cm³/mol. The molecule has 1 aromatic carbocycles. The Kier molecular flexibility index (Phi) is 5.36. The molecular weight excluding hydrogens is 486 g/mol. The smallest absolute Gasteiger partial charge is 0.253 e. The van der Waals surface area contributed by atoms with Crippen LogP contribution in [0.1, 0.15) is 66.8 Å². The molecule has 0 aromatic heterocycles. The summed E-state index contributed by atoms with van der Waals surface area (Å²) in [6.07, 6.45) is 3.27. The summed E-state index contributed by atoms with van der Waals surface area (Å²) in [4.78, 5) is 12.7. The first-order chi connectivity index (χ1) is 16.5. The van der Waals surface area contributed by atoms with Gasteiger partial charge in [0.25, 0.3) is 5.92 Å². The number of hydrogen-bond acceptors (Lipinski definition) is 4. The average Bonchev–Trinajstić information content (AvgIpc) is 3.58. The van der Waals surface area contributed by atoms with Gasteiger partial charge in [-0.05, 0) is 68.4 Å². The highest BCUT2D eigenvalue weighted by molar-refractivity contribution is 7.89. The molecule has 4 bridgehead atoms. The minimum absolute atomic E-state index is 0.0946. The molecule has 2 atom stereocenters. The largest absolute Gasteiger partial charge is 0.493 e. The maximum absolute atomic E-state index is 15.0. The molecular formula is C25H29F4NO4S. The Morgan fingerprint density at radius 2 is 1.74 bits per heavy atom. The highest BCUT2D eigenvalue weighted by Gasteiger charge is 2.64. The Balaban J connectivity index is 1.20. The van der Waals surface area contributed by atoms with E-state index >= 15 is 4.39 Å². The molecule has 5 saturated carbocycles. The van der Waals surface area contributed by atoms with E-state index in [1.165, 1.54) is 6.07 Å². The summed E-state index contributed by atoms with van der Waals surface area (Å²) in [6, 6.07) is 2.53. The van der Waals surface area contributed by atoms with Crippen LogP contribution in [-0.4, -0.2) is 56.0 Å². The third-order valence-electron chi connectivity index (χ3n) is 8.87. The lowest BCUT2D eigenvalue weighted by Crippen LogP contribution is -2.58. The number of carbonyl (C=O) groups is 1. The summed E-state index contributed by atoms with van der Waals surface area (Å²) in [6.45, 7) is -0.324. The zero-order valence-corrected chi connectivity index (χ0v) is 20.1. The topological polar surface area (TPSA) is 63.7 Å². The summed E-state index contributed by atoms with van der Waals surface area (Å²) in [7, 11) is -4.01. The van der Waals surface area contributed by atoms with E-state index in [0.29, 0.717) is 37.0 Å². The first-order valence-corrected chi connectivity index (χ1v) is 14.1. The molecule has 0 N–H and O–H groups in total. The van der Waals surface area contributed by atoms with Crippen LogP contribution in [0, 0.1) is 29.0 Å². The Labute approximate surface area is 202 Å². The quantitative estimate of drug-likeness (QED) is 0.372. The van der Waals surface area contributed by atoms with Crippen molar-refractivity contribution < 1.29 is 35.5 Å². The summed E-state index contributed by atoms with van der Waals surface area (Å²) in [5.74, 6) is -5.80. The van der Waals surface area contributed by atoms with Gasteiger partial charge in [-0.2, -0.15) is 4.31 Å². The third kappa shape index (κ3) is 4.08. The number of ether oxygens (including phenoxy) is 1. The van der Waals surface area contributed by atoms with Crippen molar-refractivity contribution in [1.29, 1.82) is 0 Å². The van der Waals surface area contributed by atoms with Gasteiger partial charge in [-0.15, -0.1) is 0 Å². The number of nitrogens with zero attached hydrogens (tertiary/aromatic N) is 1. The van der Waals surface area contributed by atoms with Gasteiger partial charge >= 0.3 is 0 Å². The molecule has 7 rings (SSSR count). The lowest BCUT2D eigenvalue weighted by Gasteiger charge is -2.59. The van der Waals surface area contributed by atoms with Crippen LogP contribution in [-0.2, 0) is 10.0 Å². The molecule has 192 valence electrons. The van der Waals surface area contributed by atoms with Crippen LogP contribution in [0.4, 0.5) is 17.6 Å². The van der Waals surface area contributed by atoms with Crippen LogP contribution in [0.2, 0.25) is 0 Å². The second kappa shape index (κ2) is 7.91. The van der Waals surface area contributed by atoms with Gasteiger partial charge in [-0.25, -0.2) is 26.0 Å². The molecule has 1 saturated heterocycles. The van der Waals surface area contributed by atoms with Crippen molar-refractivity contribution in [2.45, 2.75) is 63.0 Å². The highest BCUT2D eigenvalue weighted by Crippen LogP contribution is 2.65. The van der Waals surface area contributed by atoms with Crippen molar-refractivity contribution in [2.75, 3.05) is 25.4 Å². The fourth-order valence-corrected chi connectivity index (χ4v) is 8.49. The maximum Gasteiger partial charge on any atom is 0.253 e. The van der Waals surface area contributed by atoms with Crippen molar-refractivity contribution in [1.82, 2.24) is 4.31 Å². The van der Waals surface area contributed by atoms with Crippen LogP contribution >= 0.6 is 0 Å². The second-order valence-corrected chi connectivity index (χ2v) is 13.5. The van der Waals surface area contributed by atoms with Crippen LogP contribution in [0.3, 0.4) is 0 Å². The first-order valence-electron chi connectivity index (χ1n) is 12.4. The second-order valence-electron chi connectivity index (χ2n) is 11.5. The third-order valence-corrected chi connectivity index (χ3v) is 10.6. The van der Waals surface area contributed by atoms with E-state index in [1.54, 1.807) is 0 Å². The molecule has 5 aliphatic carbocycles. The van der Waals surface area contributed by atoms with Gasteiger partial charge in [0.15, 0.2) is 5.78 Å². The molecule has 1 heterocycles. The average molecular weight is 516 g/mol. The molecule has 0 radical (unpaired) electrons. The molecule has 0 spiro atoms. The fourth-order valence-electron chi connectivity index (χ4n) is 7.04. The lowest BCUT2D eigenvalue weighted by atomic mass is 9.48. The summed E-state index contributed by atoms with van der Waals surface area (Å²) in [5, 5.41) is 0. The number of halogens is 4. The van der Waals surface area contributed by atoms with Gasteiger partial charge in [0.1, 0.15) is 23.5 Å².